The van der Waals surface area contributed by atoms with Gasteiger partial charge in [0.2, 0.25) is 0 Å². The van der Waals surface area contributed by atoms with Crippen molar-refractivity contribution in [2.75, 3.05) is 0 Å². The van der Waals surface area contributed by atoms with Crippen LogP contribution in [-0.2, 0) is 0 Å². The molecule has 0 bridgehead atoms. The Morgan fingerprint density at radius 2 is 1.85 bits per heavy atom. The summed E-state index contributed by atoms with van der Waals surface area (Å²) in [7, 11) is 0. The van der Waals surface area contributed by atoms with E-state index in [1.165, 1.54) is 4.90 Å². The Kier molecular flexibility index (Phi) is 3.91. The van der Waals surface area contributed by atoms with Crippen molar-refractivity contribution in [1.82, 2.24) is 24.0 Å². The normalized spacial score (nSPS) is 23.1. The lowest BCUT2D eigenvalue weighted by molar-refractivity contribution is 0.0218. The number of hydrogen-bond donors (Lipinski definition) is 1. The number of imidazole rings is 1. The van der Waals surface area contributed by atoms with Crippen LogP contribution in [0.3, 0.4) is 0 Å². The topological polar surface area (TPSA) is 93.2 Å². The lowest BCUT2D eigenvalue weighted by atomic mass is 9.83. The summed E-state index contributed by atoms with van der Waals surface area (Å²) in [5.74, 6) is 0. The largest absolute Gasteiger partial charge is 0.465 e. The molecule has 2 aliphatic rings. The Bertz CT molecular complexity index is 934. The average molecular weight is 424 g/mol. The van der Waals surface area contributed by atoms with Gasteiger partial charge in [-0.1, -0.05) is 0 Å². The molecule has 26 heavy (non-hydrogen) atoms. The first-order chi connectivity index (χ1) is 12.2. The van der Waals surface area contributed by atoms with Crippen molar-refractivity contribution in [2.45, 2.75) is 70.1 Å². The van der Waals surface area contributed by atoms with Crippen molar-refractivity contribution in [3.05, 3.63) is 21.3 Å². The van der Waals surface area contributed by atoms with Gasteiger partial charge < -0.3 is 10.0 Å². The minimum absolute atomic E-state index is 0.0466. The lowest BCUT2D eigenvalue weighted by Crippen LogP contribution is -2.56. The molecule has 4 rings (SSSR count). The molecule has 0 aliphatic heterocycles. The Hall–Kier alpha value is -1.90. The van der Waals surface area contributed by atoms with Gasteiger partial charge in [-0.3, -0.25) is 9.13 Å². The predicted molar refractivity (Wildman–Crippen MR) is 99.4 cm³/mol. The second kappa shape index (κ2) is 5.80. The van der Waals surface area contributed by atoms with Gasteiger partial charge in [-0.05, 0) is 62.4 Å². The van der Waals surface area contributed by atoms with E-state index in [0.29, 0.717) is 28.7 Å². The Morgan fingerprint density at radius 1 is 1.23 bits per heavy atom. The van der Waals surface area contributed by atoms with Crippen LogP contribution in [0.25, 0.3) is 11.3 Å². The number of rotatable bonds is 3. The minimum Gasteiger partial charge on any atom is -0.465 e. The second-order valence-corrected chi connectivity index (χ2v) is 9.01. The summed E-state index contributed by atoms with van der Waals surface area (Å²) in [6.45, 7) is 5.67. The Labute approximate surface area is 159 Å². The fraction of sp³-hybridized carbons (Fsp3) is 0.647. The van der Waals surface area contributed by atoms with Crippen LogP contribution in [0.4, 0.5) is 4.79 Å². The van der Waals surface area contributed by atoms with Crippen molar-refractivity contribution < 1.29 is 9.90 Å². The fourth-order valence-corrected chi connectivity index (χ4v) is 4.21. The van der Waals surface area contributed by atoms with Crippen LogP contribution in [0, 0.1) is 0 Å². The van der Waals surface area contributed by atoms with E-state index in [0.717, 1.165) is 12.8 Å². The summed E-state index contributed by atoms with van der Waals surface area (Å²) in [6.07, 6.45) is 3.88. The number of amides is 1. The predicted octanol–water partition coefficient (Wildman–Crippen LogP) is 3.17. The molecule has 140 valence electrons. The Balaban J connectivity index is 1.68. The molecule has 2 aromatic heterocycles. The van der Waals surface area contributed by atoms with E-state index in [2.05, 4.69) is 25.9 Å². The van der Waals surface area contributed by atoms with Gasteiger partial charge in [-0.2, -0.15) is 0 Å². The van der Waals surface area contributed by atoms with Gasteiger partial charge >= 0.3 is 11.8 Å². The molecule has 0 spiro atoms. The van der Waals surface area contributed by atoms with E-state index in [4.69, 9.17) is 0 Å². The molecular formula is C17H22BrN5O3. The maximum atomic E-state index is 13.0. The molecule has 2 saturated carbocycles. The third-order valence-corrected chi connectivity index (χ3v) is 5.62. The number of halogens is 1. The molecular weight excluding hydrogens is 402 g/mol. The van der Waals surface area contributed by atoms with Crippen molar-refractivity contribution in [1.29, 1.82) is 0 Å². The van der Waals surface area contributed by atoms with Crippen LogP contribution >= 0.6 is 15.9 Å². The van der Waals surface area contributed by atoms with Crippen LogP contribution in [0.5, 0.6) is 0 Å². The van der Waals surface area contributed by atoms with Gasteiger partial charge in [0.15, 0.2) is 11.3 Å². The first-order valence-electron chi connectivity index (χ1n) is 8.85. The molecule has 0 radical (unpaired) electrons. The highest BCUT2D eigenvalue weighted by molar-refractivity contribution is 9.10. The maximum Gasteiger partial charge on any atom is 0.407 e. The third kappa shape index (κ3) is 2.72. The van der Waals surface area contributed by atoms with E-state index >= 15 is 0 Å². The molecule has 0 aromatic carbocycles. The summed E-state index contributed by atoms with van der Waals surface area (Å²) in [6, 6.07) is 0.0672. The van der Waals surface area contributed by atoms with Crippen LogP contribution in [-0.4, -0.2) is 46.8 Å². The van der Waals surface area contributed by atoms with Gasteiger partial charge in [0, 0.05) is 23.7 Å². The summed E-state index contributed by atoms with van der Waals surface area (Å²) < 4.78 is 4.07. The molecule has 2 heterocycles. The molecule has 0 atom stereocenters. The van der Waals surface area contributed by atoms with Crippen LogP contribution in [0.15, 0.2) is 15.6 Å². The quantitative estimate of drug-likeness (QED) is 0.817. The van der Waals surface area contributed by atoms with Gasteiger partial charge in [0.25, 0.3) is 0 Å². The molecule has 0 unspecified atom stereocenters. The Morgan fingerprint density at radius 3 is 2.38 bits per heavy atom. The van der Waals surface area contributed by atoms with Crippen molar-refractivity contribution in [2.24, 2.45) is 0 Å². The molecule has 2 fully saturated rings. The molecule has 0 saturated heterocycles. The summed E-state index contributed by atoms with van der Waals surface area (Å²) in [5, 5.41) is 9.57. The first-order valence-corrected chi connectivity index (χ1v) is 9.65. The minimum atomic E-state index is -0.919. The van der Waals surface area contributed by atoms with Gasteiger partial charge in [0.05, 0.1) is 6.20 Å². The second-order valence-electron chi connectivity index (χ2n) is 8.20. The highest BCUT2D eigenvalue weighted by atomic mass is 79.9. The van der Waals surface area contributed by atoms with Gasteiger partial charge in [-0.25, -0.2) is 19.6 Å². The van der Waals surface area contributed by atoms with Crippen molar-refractivity contribution >= 4 is 33.3 Å². The summed E-state index contributed by atoms with van der Waals surface area (Å²) in [5.41, 5.74) is 0.646. The maximum absolute atomic E-state index is 13.0. The number of hydrogen-bond acceptors (Lipinski definition) is 4. The standard InChI is InChI=1S/C17H22BrN5O3/c1-17(2,3)23(16(25)26)11-6-10(7-11)22-13-14(20-12(18)8-19-13)21(15(22)24)9-4-5-9/h8-11H,4-7H2,1-3H3,(H,25,26)/t10-,11-. The van der Waals surface area contributed by atoms with Crippen LogP contribution in [0.1, 0.15) is 58.5 Å². The van der Waals surface area contributed by atoms with Crippen molar-refractivity contribution in [3.8, 4) is 0 Å². The molecule has 9 heteroatoms. The number of carbonyl (C=O) groups is 1. The number of carboxylic acid groups (broad SMARTS) is 1. The van der Waals surface area contributed by atoms with E-state index in [1.54, 1.807) is 15.3 Å². The zero-order valence-electron chi connectivity index (χ0n) is 15.0. The average Bonchev–Trinajstić information content (AvgIpc) is 3.25. The van der Waals surface area contributed by atoms with Gasteiger partial charge in [0.1, 0.15) is 4.60 Å². The van der Waals surface area contributed by atoms with E-state index in [1.807, 2.05) is 20.8 Å². The third-order valence-electron chi connectivity index (χ3n) is 5.23. The highest BCUT2D eigenvalue weighted by Crippen LogP contribution is 2.41. The molecule has 2 aromatic rings. The van der Waals surface area contributed by atoms with Crippen LogP contribution < -0.4 is 5.69 Å². The molecule has 1 amide bonds. The first kappa shape index (κ1) is 17.5. The summed E-state index contributed by atoms with van der Waals surface area (Å²) in [4.78, 5) is 35.1. The van der Waals surface area contributed by atoms with E-state index < -0.39 is 11.6 Å². The zero-order chi connectivity index (χ0) is 18.8. The molecule has 2 aliphatic carbocycles. The van der Waals surface area contributed by atoms with E-state index in [-0.39, 0.29) is 23.8 Å². The highest BCUT2D eigenvalue weighted by Gasteiger charge is 2.44. The number of nitrogens with zero attached hydrogens (tertiary/aromatic N) is 5. The molecule has 8 nitrogen and oxygen atoms in total. The lowest BCUT2D eigenvalue weighted by Gasteiger charge is -2.47. The van der Waals surface area contributed by atoms with Crippen LogP contribution in [0.2, 0.25) is 0 Å². The number of fused-ring (bicyclic) bond motifs is 1. The summed E-state index contributed by atoms with van der Waals surface area (Å²) >= 11 is 3.33. The monoisotopic (exact) mass is 423 g/mol. The molecule has 1 N–H and O–H groups in total. The van der Waals surface area contributed by atoms with Gasteiger partial charge in [-0.15, -0.1) is 0 Å². The zero-order valence-corrected chi connectivity index (χ0v) is 16.6. The van der Waals surface area contributed by atoms with E-state index in [9.17, 15) is 14.7 Å². The SMILES string of the molecule is CC(C)(C)N(C(=O)O)[C@H]1C[C@H](n2c(=O)n(C3CC3)c3nc(Br)cnc32)C1. The van der Waals surface area contributed by atoms with Crippen molar-refractivity contribution in [3.63, 3.8) is 0 Å². The fourth-order valence-electron chi connectivity index (χ4n) is 3.94. The smallest absolute Gasteiger partial charge is 0.407 e. The number of aromatic nitrogens is 4.